The van der Waals surface area contributed by atoms with E-state index in [1.165, 1.54) is 11.1 Å². The quantitative estimate of drug-likeness (QED) is 0.873. The van der Waals surface area contributed by atoms with Crippen molar-refractivity contribution in [2.24, 2.45) is 0 Å². The van der Waals surface area contributed by atoms with E-state index in [9.17, 15) is 9.59 Å². The third kappa shape index (κ3) is 4.38. The van der Waals surface area contributed by atoms with Crippen LogP contribution in [0, 0.1) is 0 Å². The predicted octanol–water partition coefficient (Wildman–Crippen LogP) is 2.49. The number of likely N-dealkylation sites (tertiary alicyclic amines) is 1. The Morgan fingerprint density at radius 2 is 2.08 bits per heavy atom. The van der Waals surface area contributed by atoms with Crippen LogP contribution in [-0.2, 0) is 6.42 Å². The number of hydrogen-bond donors (Lipinski definition) is 2. The Balaban J connectivity index is 1.36. The highest BCUT2D eigenvalue weighted by Crippen LogP contribution is 2.14. The van der Waals surface area contributed by atoms with Gasteiger partial charge in [0.1, 0.15) is 0 Å². The molecular formula is C17H21N3O3S. The molecule has 0 spiro atoms. The Kier molecular flexibility index (Phi) is 5.53. The van der Waals surface area contributed by atoms with Crippen LogP contribution in [0.2, 0.25) is 0 Å². The maximum atomic E-state index is 12.2. The molecule has 1 fully saturated rings. The number of piperidine rings is 1. The van der Waals surface area contributed by atoms with Crippen LogP contribution in [-0.4, -0.2) is 42.5 Å². The SMILES string of the molecule is O=C(NCCc1cccs1)NC1CCN(C(=O)c2ccco2)CC1. The smallest absolute Gasteiger partial charge is 0.315 e. The van der Waals surface area contributed by atoms with Crippen LogP contribution in [0.1, 0.15) is 28.3 Å². The number of carbonyl (C=O) groups excluding carboxylic acids is 2. The van der Waals surface area contributed by atoms with Gasteiger partial charge in [0.25, 0.3) is 5.91 Å². The molecule has 6 nitrogen and oxygen atoms in total. The second kappa shape index (κ2) is 8.01. The zero-order valence-corrected chi connectivity index (χ0v) is 14.2. The van der Waals surface area contributed by atoms with Crippen molar-refractivity contribution in [1.29, 1.82) is 0 Å². The molecule has 3 heterocycles. The first-order chi connectivity index (χ1) is 11.7. The molecule has 3 amide bonds. The molecule has 0 unspecified atom stereocenters. The number of rotatable bonds is 5. The number of nitrogens with one attached hydrogen (secondary N) is 2. The van der Waals surface area contributed by atoms with Gasteiger partial charge >= 0.3 is 6.03 Å². The molecule has 2 aromatic rings. The van der Waals surface area contributed by atoms with Crippen LogP contribution < -0.4 is 10.6 Å². The van der Waals surface area contributed by atoms with E-state index in [2.05, 4.69) is 16.7 Å². The molecule has 7 heteroatoms. The summed E-state index contributed by atoms with van der Waals surface area (Å²) in [6.07, 6.45) is 3.86. The molecule has 0 atom stereocenters. The molecule has 1 saturated heterocycles. The lowest BCUT2D eigenvalue weighted by molar-refractivity contribution is 0.0676. The minimum Gasteiger partial charge on any atom is -0.459 e. The van der Waals surface area contributed by atoms with Gasteiger partial charge in [0, 0.05) is 30.6 Å². The van der Waals surface area contributed by atoms with E-state index < -0.39 is 0 Å². The van der Waals surface area contributed by atoms with Gasteiger partial charge in [-0.25, -0.2) is 4.79 Å². The van der Waals surface area contributed by atoms with E-state index in [1.807, 2.05) is 11.4 Å². The van der Waals surface area contributed by atoms with E-state index in [0.717, 1.165) is 19.3 Å². The third-order valence-electron chi connectivity index (χ3n) is 4.09. The summed E-state index contributed by atoms with van der Waals surface area (Å²) in [5.41, 5.74) is 0. The minimum atomic E-state index is -0.137. The number of carbonyl (C=O) groups is 2. The Bertz CT molecular complexity index is 647. The lowest BCUT2D eigenvalue weighted by Crippen LogP contribution is -2.49. The van der Waals surface area contributed by atoms with E-state index in [0.29, 0.717) is 25.4 Å². The summed E-state index contributed by atoms with van der Waals surface area (Å²) < 4.78 is 5.14. The fourth-order valence-corrected chi connectivity index (χ4v) is 3.48. The van der Waals surface area contributed by atoms with Gasteiger partial charge in [-0.3, -0.25) is 4.79 Å². The highest BCUT2D eigenvalue weighted by Gasteiger charge is 2.25. The molecule has 0 bridgehead atoms. The number of amides is 3. The Morgan fingerprint density at radius 1 is 1.25 bits per heavy atom. The molecule has 24 heavy (non-hydrogen) atoms. The Hall–Kier alpha value is -2.28. The van der Waals surface area contributed by atoms with Gasteiger partial charge in [-0.1, -0.05) is 6.07 Å². The molecule has 2 aromatic heterocycles. The first kappa shape index (κ1) is 16.6. The van der Waals surface area contributed by atoms with Gasteiger partial charge in [-0.05, 0) is 42.8 Å². The van der Waals surface area contributed by atoms with Gasteiger partial charge in [0.15, 0.2) is 5.76 Å². The summed E-state index contributed by atoms with van der Waals surface area (Å²) in [5.74, 6) is 0.284. The highest BCUT2D eigenvalue weighted by molar-refractivity contribution is 7.09. The van der Waals surface area contributed by atoms with Crippen molar-refractivity contribution in [3.63, 3.8) is 0 Å². The summed E-state index contributed by atoms with van der Waals surface area (Å²) in [5, 5.41) is 7.91. The highest BCUT2D eigenvalue weighted by atomic mass is 32.1. The van der Waals surface area contributed by atoms with Gasteiger partial charge < -0.3 is 20.0 Å². The van der Waals surface area contributed by atoms with Gasteiger partial charge in [0.05, 0.1) is 6.26 Å². The van der Waals surface area contributed by atoms with Gasteiger partial charge in [0.2, 0.25) is 0 Å². The zero-order chi connectivity index (χ0) is 16.8. The molecule has 0 aromatic carbocycles. The van der Waals surface area contributed by atoms with E-state index in [1.54, 1.807) is 28.4 Å². The normalized spacial score (nSPS) is 15.2. The zero-order valence-electron chi connectivity index (χ0n) is 13.4. The fourth-order valence-electron chi connectivity index (χ4n) is 2.77. The first-order valence-corrected chi connectivity index (χ1v) is 9.00. The lowest BCUT2D eigenvalue weighted by Gasteiger charge is -2.31. The van der Waals surface area contributed by atoms with Crippen molar-refractivity contribution < 1.29 is 14.0 Å². The molecule has 128 valence electrons. The standard InChI is InChI=1S/C17H21N3O3S/c21-16(15-4-1-11-23-15)20-9-6-13(7-10-20)19-17(22)18-8-5-14-3-2-12-24-14/h1-4,11-13H,5-10H2,(H2,18,19,22). The number of nitrogens with zero attached hydrogens (tertiary/aromatic N) is 1. The largest absolute Gasteiger partial charge is 0.459 e. The van der Waals surface area contributed by atoms with Crippen molar-refractivity contribution in [3.05, 3.63) is 46.5 Å². The first-order valence-electron chi connectivity index (χ1n) is 8.12. The maximum Gasteiger partial charge on any atom is 0.315 e. The third-order valence-corrected chi connectivity index (χ3v) is 5.02. The number of urea groups is 1. The van der Waals surface area contributed by atoms with E-state index in [4.69, 9.17) is 4.42 Å². The molecule has 0 saturated carbocycles. The van der Waals surface area contributed by atoms with Crippen LogP contribution in [0.3, 0.4) is 0 Å². The second-order valence-corrected chi connectivity index (χ2v) is 6.81. The molecule has 2 N–H and O–H groups in total. The Morgan fingerprint density at radius 3 is 2.75 bits per heavy atom. The average Bonchev–Trinajstić information content (AvgIpc) is 3.29. The summed E-state index contributed by atoms with van der Waals surface area (Å²) >= 11 is 1.70. The van der Waals surface area contributed by atoms with Crippen molar-refractivity contribution in [2.45, 2.75) is 25.3 Å². The predicted molar refractivity (Wildman–Crippen MR) is 92.2 cm³/mol. The molecule has 0 radical (unpaired) electrons. The second-order valence-electron chi connectivity index (χ2n) is 5.77. The Labute approximate surface area is 144 Å². The van der Waals surface area contributed by atoms with Crippen LogP contribution in [0.15, 0.2) is 40.3 Å². The van der Waals surface area contributed by atoms with Crippen molar-refractivity contribution >= 4 is 23.3 Å². The van der Waals surface area contributed by atoms with Crippen LogP contribution in [0.25, 0.3) is 0 Å². The van der Waals surface area contributed by atoms with Crippen molar-refractivity contribution in [3.8, 4) is 0 Å². The monoisotopic (exact) mass is 347 g/mol. The van der Waals surface area contributed by atoms with Crippen LogP contribution in [0.5, 0.6) is 0 Å². The average molecular weight is 347 g/mol. The number of hydrogen-bond acceptors (Lipinski definition) is 4. The summed E-state index contributed by atoms with van der Waals surface area (Å²) in [6, 6.07) is 7.43. The van der Waals surface area contributed by atoms with Crippen molar-refractivity contribution in [2.75, 3.05) is 19.6 Å². The maximum absolute atomic E-state index is 12.2. The van der Waals surface area contributed by atoms with Gasteiger partial charge in [-0.15, -0.1) is 11.3 Å². The van der Waals surface area contributed by atoms with Crippen LogP contribution >= 0.6 is 11.3 Å². The molecule has 3 rings (SSSR count). The molecule has 1 aliphatic heterocycles. The van der Waals surface area contributed by atoms with Crippen molar-refractivity contribution in [1.82, 2.24) is 15.5 Å². The molecular weight excluding hydrogens is 326 g/mol. The lowest BCUT2D eigenvalue weighted by atomic mass is 10.0. The van der Waals surface area contributed by atoms with Crippen LogP contribution in [0.4, 0.5) is 4.79 Å². The topological polar surface area (TPSA) is 74.6 Å². The van der Waals surface area contributed by atoms with E-state index in [-0.39, 0.29) is 18.0 Å². The fraction of sp³-hybridized carbons (Fsp3) is 0.412. The van der Waals surface area contributed by atoms with Gasteiger partial charge in [-0.2, -0.15) is 0 Å². The minimum absolute atomic E-state index is 0.0844. The summed E-state index contributed by atoms with van der Waals surface area (Å²) in [4.78, 5) is 27.1. The molecule has 0 aliphatic carbocycles. The summed E-state index contributed by atoms with van der Waals surface area (Å²) in [6.45, 7) is 1.88. The summed E-state index contributed by atoms with van der Waals surface area (Å²) in [7, 11) is 0. The van der Waals surface area contributed by atoms with E-state index >= 15 is 0 Å². The molecule has 1 aliphatic rings. The number of thiophene rings is 1. The number of furan rings is 1.